The van der Waals surface area contributed by atoms with Crippen molar-refractivity contribution >= 4 is 35.1 Å². The minimum atomic E-state index is -1.96. The number of amides is 2. The van der Waals surface area contributed by atoms with E-state index in [1.165, 1.54) is 38.3 Å². The number of rotatable bonds is 7. The molecule has 9 rings (SSSR count). The van der Waals surface area contributed by atoms with Gasteiger partial charge in [-0.2, -0.15) is 0 Å². The SMILES string of the molecule is C/C1=C/C=C/C(C)[C@H](O)CC(O)C[C@H](OC(=O)CC(=O)N2CCCN(Cc3ccc(F)cc3)CC2)CC/C=C/O[C@@]2(C)Oc3c(C)c(O)c4c(c3C2=O)C2=NC3(CCN(CC(C)C)CC3)NC2=C(NC1=O)C4=O. The Labute approximate surface area is 425 Å². The third-order valence-corrected chi connectivity index (χ3v) is 14.7. The van der Waals surface area contributed by atoms with Gasteiger partial charge in [0.1, 0.15) is 41.2 Å². The number of aromatic hydroxyl groups is 1. The highest BCUT2D eigenvalue weighted by Gasteiger charge is 2.54. The average Bonchev–Trinajstić information content (AvgIpc) is 3.71. The number of aliphatic imine (C=N–C) groups is 1. The van der Waals surface area contributed by atoms with Crippen molar-refractivity contribution in [3.8, 4) is 11.5 Å². The Morgan fingerprint density at radius 1 is 0.959 bits per heavy atom. The third-order valence-electron chi connectivity index (χ3n) is 14.7. The molecule has 6 aliphatic heterocycles. The minimum Gasteiger partial charge on any atom is -0.507 e. The number of phenols is 1. The number of esters is 1. The molecule has 5 bridgehead atoms. The summed E-state index contributed by atoms with van der Waals surface area (Å²) in [5.74, 6) is -5.82. The van der Waals surface area contributed by atoms with Gasteiger partial charge in [-0.3, -0.25) is 33.9 Å². The highest BCUT2D eigenvalue weighted by molar-refractivity contribution is 6.34. The normalized spacial score (nSPS) is 27.8. The van der Waals surface area contributed by atoms with Crippen LogP contribution in [-0.4, -0.2) is 141 Å². The molecule has 6 heterocycles. The number of hydrogen-bond acceptors (Lipinski definition) is 15. The quantitative estimate of drug-likeness (QED) is 0.171. The van der Waals surface area contributed by atoms with Crippen LogP contribution in [0.4, 0.5) is 4.39 Å². The van der Waals surface area contributed by atoms with E-state index in [2.05, 4.69) is 34.3 Å². The summed E-state index contributed by atoms with van der Waals surface area (Å²) in [5.41, 5.74) is 0.678. The van der Waals surface area contributed by atoms with E-state index >= 15 is 0 Å². The maximum Gasteiger partial charge on any atom is 0.315 e. The largest absolute Gasteiger partial charge is 0.507 e. The lowest BCUT2D eigenvalue weighted by molar-refractivity contribution is -0.155. The van der Waals surface area contributed by atoms with Crippen LogP contribution in [0.3, 0.4) is 0 Å². The lowest BCUT2D eigenvalue weighted by Crippen LogP contribution is -2.50. The fourth-order valence-corrected chi connectivity index (χ4v) is 10.5. The number of nitrogens with zero attached hydrogens (tertiary/aromatic N) is 4. The number of piperidine rings is 1. The van der Waals surface area contributed by atoms with Gasteiger partial charge in [0.25, 0.3) is 11.7 Å². The molecule has 1 aliphatic carbocycles. The predicted octanol–water partition coefficient (Wildman–Crippen LogP) is 5.50. The number of Topliss-reactive ketones (excluding diaryl/α,β-unsaturated/α-hetero) is 2. The molecule has 2 fully saturated rings. The van der Waals surface area contributed by atoms with Gasteiger partial charge in [-0.1, -0.05) is 51.1 Å². The molecule has 7 aliphatic rings. The maximum absolute atomic E-state index is 14.7. The number of aliphatic hydroxyl groups excluding tert-OH is 2. The van der Waals surface area contributed by atoms with Crippen molar-refractivity contribution in [3.05, 3.63) is 105 Å². The van der Waals surface area contributed by atoms with E-state index in [0.29, 0.717) is 64.4 Å². The van der Waals surface area contributed by atoms with Gasteiger partial charge in [0.05, 0.1) is 41.0 Å². The number of halogens is 1. The van der Waals surface area contributed by atoms with Crippen LogP contribution in [0.15, 0.2) is 76.8 Å². The molecule has 2 aromatic rings. The van der Waals surface area contributed by atoms with Crippen molar-refractivity contribution < 1.29 is 57.9 Å². The summed E-state index contributed by atoms with van der Waals surface area (Å²) in [5, 5.41) is 40.6. The zero-order valence-corrected chi connectivity index (χ0v) is 42.7. The van der Waals surface area contributed by atoms with Crippen LogP contribution in [0.25, 0.3) is 0 Å². The molecule has 0 aromatic heterocycles. The highest BCUT2D eigenvalue weighted by atomic mass is 19.1. The molecule has 73 heavy (non-hydrogen) atoms. The first kappa shape index (κ1) is 53.1. The number of fused-ring (bicyclic) bond motifs is 13. The molecule has 17 nitrogen and oxygen atoms in total. The van der Waals surface area contributed by atoms with E-state index in [0.717, 1.165) is 18.7 Å². The molecule has 0 saturated carbocycles. The zero-order valence-electron chi connectivity index (χ0n) is 42.7. The number of nitrogens with one attached hydrogen (secondary N) is 2. The highest BCUT2D eigenvalue weighted by Crippen LogP contribution is 2.50. The Bertz CT molecular complexity index is 2650. The lowest BCUT2D eigenvalue weighted by Gasteiger charge is -2.38. The second-order valence-corrected chi connectivity index (χ2v) is 20.9. The van der Waals surface area contributed by atoms with E-state index < -0.39 is 71.3 Å². The number of phenolic OH excluding ortho intramolecular Hbond substituents is 1. The van der Waals surface area contributed by atoms with Gasteiger partial charge < -0.3 is 50.0 Å². The van der Waals surface area contributed by atoms with Crippen molar-refractivity contribution in [2.75, 3.05) is 45.8 Å². The second-order valence-electron chi connectivity index (χ2n) is 20.9. The summed E-state index contributed by atoms with van der Waals surface area (Å²) in [4.78, 5) is 81.7. The Morgan fingerprint density at radius 3 is 2.42 bits per heavy atom. The number of ketones is 2. The number of hydrogen-bond donors (Lipinski definition) is 5. The summed E-state index contributed by atoms with van der Waals surface area (Å²) in [7, 11) is 0. The number of allylic oxidation sites excluding steroid dienone is 5. The van der Waals surface area contributed by atoms with E-state index in [-0.39, 0.29) is 88.1 Å². The number of benzene rings is 2. The zero-order chi connectivity index (χ0) is 52.4. The number of ether oxygens (including phenoxy) is 3. The molecule has 5 atom stereocenters. The molecule has 2 amide bonds. The molecular formula is C55H69FN6O11. The first-order valence-corrected chi connectivity index (χ1v) is 25.6. The van der Waals surface area contributed by atoms with Crippen LogP contribution >= 0.6 is 0 Å². The molecule has 2 aromatic carbocycles. The van der Waals surface area contributed by atoms with E-state index in [1.807, 2.05) is 0 Å². The summed E-state index contributed by atoms with van der Waals surface area (Å²) >= 11 is 0. The average molecular weight is 1010 g/mol. The van der Waals surface area contributed by atoms with E-state index in [9.17, 15) is 43.7 Å². The van der Waals surface area contributed by atoms with Gasteiger partial charge >= 0.3 is 11.8 Å². The van der Waals surface area contributed by atoms with Crippen LogP contribution in [0.5, 0.6) is 11.5 Å². The van der Waals surface area contributed by atoms with Crippen LogP contribution in [0, 0.1) is 24.6 Å². The Morgan fingerprint density at radius 2 is 1.70 bits per heavy atom. The van der Waals surface area contributed by atoms with Crippen LogP contribution < -0.4 is 15.4 Å². The van der Waals surface area contributed by atoms with Crippen molar-refractivity contribution in [1.29, 1.82) is 0 Å². The summed E-state index contributed by atoms with van der Waals surface area (Å²) < 4.78 is 31.7. The smallest absolute Gasteiger partial charge is 0.315 e. The van der Waals surface area contributed by atoms with Gasteiger partial charge in [0.2, 0.25) is 11.7 Å². The minimum absolute atomic E-state index is 0.0114. The predicted molar refractivity (Wildman–Crippen MR) is 269 cm³/mol. The topological polar surface area (TPSA) is 220 Å². The Kier molecular flexibility index (Phi) is 16.1. The first-order valence-electron chi connectivity index (χ1n) is 25.6. The van der Waals surface area contributed by atoms with E-state index in [1.54, 1.807) is 49.1 Å². The standard InChI is InChI=1S/C55H69FN6O11/c1-32(2)30-61-22-18-55(19-23-61)58-46-43-44-49(67)35(5)51-45(43)52(69)54(6,73-51)71-26-8-7-13-39(72-42(66)29-41(65)62-21-10-20-60(24-25-62)31-36-14-16-37(56)17-15-36)27-38(63)28-40(64)33(3)11-9-12-34(4)53(70)57-48(50(44)68)47(46)59-55/h8-9,11-12,14-17,26,32-33,38-40,59,63-64,67H,7,10,13,18-25,27-31H2,1-6H3,(H,57,70)/b11-9+,26-8+,34-12-/t33?,38?,39-,40-,54+/m1/s1. The van der Waals surface area contributed by atoms with Gasteiger partial charge in [-0.05, 0) is 69.2 Å². The van der Waals surface area contributed by atoms with Crippen molar-refractivity contribution in [3.63, 3.8) is 0 Å². The van der Waals surface area contributed by atoms with Crippen molar-refractivity contribution in [1.82, 2.24) is 25.3 Å². The van der Waals surface area contributed by atoms with Gasteiger partial charge in [0.15, 0.2) is 0 Å². The van der Waals surface area contributed by atoms with Crippen LogP contribution in [-0.2, 0) is 30.4 Å². The number of aliphatic hydroxyl groups is 2. The fraction of sp³-hybridized carbons (Fsp3) is 0.527. The number of carbonyl (C=O) groups excluding carboxylic acids is 5. The molecule has 392 valence electrons. The van der Waals surface area contributed by atoms with E-state index in [4.69, 9.17) is 19.2 Å². The van der Waals surface area contributed by atoms with Crippen LogP contribution in [0.1, 0.15) is 123 Å². The number of carbonyl (C=O) groups is 5. The molecule has 2 unspecified atom stereocenters. The van der Waals surface area contributed by atoms with Gasteiger partial charge in [-0.15, -0.1) is 0 Å². The molecule has 1 spiro atoms. The third kappa shape index (κ3) is 11.8. The monoisotopic (exact) mass is 1010 g/mol. The molecule has 5 N–H and O–H groups in total. The van der Waals surface area contributed by atoms with Gasteiger partial charge in [0, 0.05) is 101 Å². The fourth-order valence-electron chi connectivity index (χ4n) is 10.5. The summed E-state index contributed by atoms with van der Waals surface area (Å²) in [6, 6.07) is 6.31. The molecular weight excluding hydrogens is 940 g/mol. The molecule has 18 heteroatoms. The summed E-state index contributed by atoms with van der Waals surface area (Å²) in [6.45, 7) is 15.6. The van der Waals surface area contributed by atoms with Crippen molar-refractivity contribution in [2.24, 2.45) is 16.8 Å². The maximum atomic E-state index is 14.7. The first-order chi connectivity index (χ1) is 34.7. The molecule has 0 radical (unpaired) electrons. The molecule has 2 saturated heterocycles. The van der Waals surface area contributed by atoms with Crippen LogP contribution in [0.2, 0.25) is 0 Å². The summed E-state index contributed by atoms with van der Waals surface area (Å²) in [6.07, 6.45) is 6.23. The van der Waals surface area contributed by atoms with Crippen molar-refractivity contribution in [2.45, 2.75) is 129 Å². The second kappa shape index (κ2) is 22.1. The lowest BCUT2D eigenvalue weighted by atomic mass is 9.82. The Hall–Kier alpha value is -6.21. The Balaban J connectivity index is 1.03. The number of likely N-dealkylation sites (tertiary alicyclic amines) is 1. The van der Waals surface area contributed by atoms with Gasteiger partial charge in [-0.25, -0.2) is 4.39 Å².